The number of hydrogen-bond acceptors (Lipinski definition) is 2. The Kier molecular flexibility index (Phi) is 9.00. The molecule has 2 aliphatic heterocycles. The molecule has 2 aliphatic rings. The molecule has 56 heavy (non-hydrogen) atoms. The van der Waals surface area contributed by atoms with Crippen LogP contribution in [-0.4, -0.2) is 6.71 Å². The molecule has 276 valence electrons. The zero-order chi connectivity index (χ0) is 38.8. The predicted molar refractivity (Wildman–Crippen MR) is 243 cm³/mol. The molecule has 0 atom stereocenters. The quantitative estimate of drug-likeness (QED) is 0.151. The van der Waals surface area contributed by atoms with Crippen LogP contribution in [0.4, 0.5) is 34.1 Å². The normalized spacial score (nSPS) is 13.0. The van der Waals surface area contributed by atoms with Crippen LogP contribution < -0.4 is 26.2 Å². The fourth-order valence-electron chi connectivity index (χ4n) is 9.05. The van der Waals surface area contributed by atoms with Gasteiger partial charge in [-0.25, -0.2) is 0 Å². The molecule has 9 rings (SSSR count). The Morgan fingerprint density at radius 3 is 1.50 bits per heavy atom. The monoisotopic (exact) mass is 726 g/mol. The fourth-order valence-corrected chi connectivity index (χ4v) is 9.05. The molecule has 2 heterocycles. The lowest BCUT2D eigenvalue weighted by Crippen LogP contribution is -2.61. The van der Waals surface area contributed by atoms with E-state index in [1.165, 1.54) is 101 Å². The summed E-state index contributed by atoms with van der Waals surface area (Å²) in [5, 5.41) is 0. The number of anilines is 6. The summed E-state index contributed by atoms with van der Waals surface area (Å²) >= 11 is 0. The highest BCUT2D eigenvalue weighted by Gasteiger charge is 2.44. The van der Waals surface area contributed by atoms with Gasteiger partial charge in [-0.3, -0.25) is 0 Å². The summed E-state index contributed by atoms with van der Waals surface area (Å²) in [5.41, 5.74) is 23.0. The second kappa shape index (κ2) is 14.1. The molecule has 0 fully saturated rings. The van der Waals surface area contributed by atoms with Gasteiger partial charge >= 0.3 is 0 Å². The van der Waals surface area contributed by atoms with Crippen molar-refractivity contribution in [3.8, 4) is 22.3 Å². The van der Waals surface area contributed by atoms with Crippen LogP contribution in [0.5, 0.6) is 0 Å². The van der Waals surface area contributed by atoms with Crippen LogP contribution >= 0.6 is 0 Å². The fraction of sp³-hybridized carbons (Fsp3) is 0.208. The highest BCUT2D eigenvalue weighted by atomic mass is 15.2. The topological polar surface area (TPSA) is 6.48 Å². The van der Waals surface area contributed by atoms with Crippen molar-refractivity contribution < 1.29 is 0 Å². The third-order valence-electron chi connectivity index (χ3n) is 12.1. The Morgan fingerprint density at radius 2 is 0.929 bits per heavy atom. The van der Waals surface area contributed by atoms with Gasteiger partial charge in [0.15, 0.2) is 0 Å². The average Bonchev–Trinajstić information content (AvgIpc) is 3.20. The molecular weight excluding hydrogens is 675 g/mol. The van der Waals surface area contributed by atoms with Crippen molar-refractivity contribution in [1.29, 1.82) is 0 Å². The molecule has 0 saturated heterocycles. The van der Waals surface area contributed by atoms with E-state index in [0.717, 1.165) is 0 Å². The summed E-state index contributed by atoms with van der Waals surface area (Å²) < 4.78 is 0. The number of fused-ring (bicyclic) bond motifs is 4. The molecule has 0 N–H and O–H groups in total. The predicted octanol–water partition coefficient (Wildman–Crippen LogP) is 13.1. The zero-order valence-corrected chi connectivity index (χ0v) is 34.1. The zero-order valence-electron chi connectivity index (χ0n) is 34.1. The van der Waals surface area contributed by atoms with Crippen LogP contribution in [0.2, 0.25) is 0 Å². The van der Waals surface area contributed by atoms with E-state index in [-0.39, 0.29) is 6.71 Å². The van der Waals surface area contributed by atoms with Crippen LogP contribution in [-0.2, 0) is 0 Å². The van der Waals surface area contributed by atoms with Gasteiger partial charge in [0, 0.05) is 34.1 Å². The average molecular weight is 727 g/mol. The van der Waals surface area contributed by atoms with Crippen molar-refractivity contribution in [1.82, 2.24) is 0 Å². The van der Waals surface area contributed by atoms with Crippen molar-refractivity contribution in [2.45, 2.75) is 73.1 Å². The van der Waals surface area contributed by atoms with E-state index in [0.29, 0.717) is 17.8 Å². The van der Waals surface area contributed by atoms with Crippen molar-refractivity contribution in [2.24, 2.45) is 0 Å². The van der Waals surface area contributed by atoms with Gasteiger partial charge in [-0.15, -0.1) is 0 Å². The summed E-state index contributed by atoms with van der Waals surface area (Å²) in [6.45, 7) is 18.4. The lowest BCUT2D eigenvalue weighted by atomic mass is 9.33. The molecule has 0 unspecified atom stereocenters. The summed E-state index contributed by atoms with van der Waals surface area (Å²) in [7, 11) is 0. The molecule has 0 bridgehead atoms. The van der Waals surface area contributed by atoms with Crippen LogP contribution in [0.25, 0.3) is 22.3 Å². The summed E-state index contributed by atoms with van der Waals surface area (Å²) in [6, 6.07) is 55.5. The summed E-state index contributed by atoms with van der Waals surface area (Å²) in [6.07, 6.45) is 0. The molecule has 7 aromatic carbocycles. The van der Waals surface area contributed by atoms with E-state index >= 15 is 0 Å². The van der Waals surface area contributed by atoms with Gasteiger partial charge in [0.05, 0.1) is 0 Å². The van der Waals surface area contributed by atoms with Crippen LogP contribution in [0.15, 0.2) is 146 Å². The summed E-state index contributed by atoms with van der Waals surface area (Å²) in [5.74, 6) is 1.29. The van der Waals surface area contributed by atoms with Gasteiger partial charge in [0.1, 0.15) is 0 Å². The first-order valence-electron chi connectivity index (χ1n) is 20.5. The van der Waals surface area contributed by atoms with E-state index in [4.69, 9.17) is 0 Å². The highest BCUT2D eigenvalue weighted by Crippen LogP contribution is 2.47. The van der Waals surface area contributed by atoms with Gasteiger partial charge in [-0.2, -0.15) is 0 Å². The van der Waals surface area contributed by atoms with Crippen LogP contribution in [0.3, 0.4) is 0 Å². The molecule has 0 saturated carbocycles. The molecule has 0 aliphatic carbocycles. The standard InChI is InChI=1S/C53H51BN2/c1-33(2)38-18-22-44(23-19-38)55-49-24-20-40(34(3)4)31-47(49)54-48-32-41(35(5)6)21-25-50(48)56(52-27-36(7)26-51(55)53(52)54)45-29-42(39-15-10-9-11-16-39)28-43(30-45)46-17-13-12-14-37(46)8/h9-35H,1-8H3. The van der Waals surface area contributed by atoms with Gasteiger partial charge in [-0.05, 0) is 153 Å². The second-order valence-corrected chi connectivity index (χ2v) is 17.0. The van der Waals surface area contributed by atoms with Crippen LogP contribution in [0.1, 0.15) is 87.1 Å². The highest BCUT2D eigenvalue weighted by molar-refractivity contribution is 7.00. The van der Waals surface area contributed by atoms with Crippen molar-refractivity contribution in [3.05, 3.63) is 173 Å². The smallest absolute Gasteiger partial charge is 0.252 e. The maximum atomic E-state index is 2.58. The molecule has 0 spiro atoms. The van der Waals surface area contributed by atoms with Gasteiger partial charge in [-0.1, -0.05) is 133 Å². The largest absolute Gasteiger partial charge is 0.311 e. The molecule has 0 aromatic heterocycles. The third kappa shape index (κ3) is 6.05. The first kappa shape index (κ1) is 35.9. The second-order valence-electron chi connectivity index (χ2n) is 17.0. The first-order chi connectivity index (χ1) is 27.1. The summed E-state index contributed by atoms with van der Waals surface area (Å²) in [4.78, 5) is 5.12. The lowest BCUT2D eigenvalue weighted by molar-refractivity contribution is 0.866. The van der Waals surface area contributed by atoms with E-state index in [1.54, 1.807) is 0 Å². The maximum absolute atomic E-state index is 2.58. The minimum Gasteiger partial charge on any atom is -0.311 e. The van der Waals surface area contributed by atoms with E-state index in [1.807, 2.05) is 0 Å². The Balaban J connectivity index is 1.37. The number of nitrogens with zero attached hydrogens (tertiary/aromatic N) is 2. The molecule has 7 aromatic rings. The van der Waals surface area contributed by atoms with Gasteiger partial charge in [0.25, 0.3) is 6.71 Å². The Morgan fingerprint density at radius 1 is 0.411 bits per heavy atom. The van der Waals surface area contributed by atoms with E-state index in [2.05, 4.69) is 211 Å². The minimum atomic E-state index is 0.0820. The van der Waals surface area contributed by atoms with Gasteiger partial charge < -0.3 is 9.80 Å². The van der Waals surface area contributed by atoms with Crippen LogP contribution in [0, 0.1) is 13.8 Å². The van der Waals surface area contributed by atoms with E-state index in [9.17, 15) is 0 Å². The van der Waals surface area contributed by atoms with Gasteiger partial charge in [0.2, 0.25) is 0 Å². The lowest BCUT2D eigenvalue weighted by Gasteiger charge is -2.45. The Bertz CT molecular complexity index is 2600. The maximum Gasteiger partial charge on any atom is 0.252 e. The molecular formula is C53H51BN2. The number of rotatable bonds is 7. The SMILES string of the molecule is Cc1cc2c3c(c1)N(c1cc(-c4ccccc4)cc(-c4ccccc4C)c1)c1ccc(C(C)C)cc1B3c1cc(C(C)C)ccc1N2c1ccc(C(C)C)cc1. The number of benzene rings is 7. The van der Waals surface area contributed by atoms with Crippen molar-refractivity contribution in [3.63, 3.8) is 0 Å². The Hall–Kier alpha value is -5.80. The number of hydrogen-bond donors (Lipinski definition) is 0. The van der Waals surface area contributed by atoms with E-state index < -0.39 is 0 Å². The molecule has 2 nitrogen and oxygen atoms in total. The molecule has 3 heteroatoms. The third-order valence-corrected chi connectivity index (χ3v) is 12.1. The Labute approximate surface area is 334 Å². The number of aryl methyl sites for hydroxylation is 2. The van der Waals surface area contributed by atoms with Crippen molar-refractivity contribution in [2.75, 3.05) is 9.80 Å². The van der Waals surface area contributed by atoms with Crippen molar-refractivity contribution >= 4 is 57.2 Å². The first-order valence-corrected chi connectivity index (χ1v) is 20.5. The molecule has 0 amide bonds. The molecule has 0 radical (unpaired) electrons. The minimum absolute atomic E-state index is 0.0820.